The van der Waals surface area contributed by atoms with Gasteiger partial charge in [0.15, 0.2) is 0 Å². The van der Waals surface area contributed by atoms with Crippen LogP contribution in [0.15, 0.2) is 30.3 Å². The quantitative estimate of drug-likeness (QED) is 0.770. The first-order valence-corrected chi connectivity index (χ1v) is 6.35. The molecule has 5 heteroatoms. The van der Waals surface area contributed by atoms with Gasteiger partial charge in [-0.3, -0.25) is 0 Å². The van der Waals surface area contributed by atoms with Crippen LogP contribution in [0.1, 0.15) is 31.4 Å². The Morgan fingerprint density at radius 3 is 2.42 bits per heavy atom. The van der Waals surface area contributed by atoms with Gasteiger partial charge in [-0.05, 0) is 24.3 Å². The maximum absolute atomic E-state index is 11.8. The van der Waals surface area contributed by atoms with E-state index in [9.17, 15) is 13.2 Å². The summed E-state index contributed by atoms with van der Waals surface area (Å²) in [5.41, 5.74) is 7.15. The highest BCUT2D eigenvalue weighted by Crippen LogP contribution is 2.23. The predicted molar refractivity (Wildman–Crippen MR) is 68.6 cm³/mol. The lowest BCUT2D eigenvalue weighted by atomic mass is 9.92. The summed E-state index contributed by atoms with van der Waals surface area (Å²) in [5.74, 6) is 0.205. The summed E-state index contributed by atoms with van der Waals surface area (Å²) in [6.45, 7) is 0.943. The standard InChI is InChI=1S/C14H20F3NO/c1-11(6-5-9-19-10-14(15,16)17)13(18)12-7-3-2-4-8-12/h2-4,7-8,11,13H,5-6,9-10,18H2,1H3. The van der Waals surface area contributed by atoms with Crippen LogP contribution in [0.4, 0.5) is 13.2 Å². The minimum absolute atomic E-state index is 0.0937. The first-order valence-electron chi connectivity index (χ1n) is 6.35. The zero-order valence-corrected chi connectivity index (χ0v) is 11.0. The highest BCUT2D eigenvalue weighted by atomic mass is 19.4. The zero-order chi connectivity index (χ0) is 14.3. The van der Waals surface area contributed by atoms with Crippen molar-refractivity contribution >= 4 is 0 Å². The number of hydrogen-bond acceptors (Lipinski definition) is 2. The minimum atomic E-state index is -4.24. The summed E-state index contributed by atoms with van der Waals surface area (Å²) >= 11 is 0. The molecule has 1 rings (SSSR count). The van der Waals surface area contributed by atoms with Gasteiger partial charge in [-0.15, -0.1) is 0 Å². The Balaban J connectivity index is 2.23. The molecule has 19 heavy (non-hydrogen) atoms. The molecule has 0 aliphatic rings. The van der Waals surface area contributed by atoms with E-state index in [2.05, 4.69) is 4.74 Å². The molecule has 1 aromatic carbocycles. The Bertz CT molecular complexity index is 353. The summed E-state index contributed by atoms with van der Waals surface area (Å²) in [5, 5.41) is 0. The van der Waals surface area contributed by atoms with E-state index in [-0.39, 0.29) is 18.6 Å². The Kier molecular flexibility index (Phi) is 6.31. The monoisotopic (exact) mass is 275 g/mol. The van der Waals surface area contributed by atoms with Gasteiger partial charge < -0.3 is 10.5 Å². The third kappa shape index (κ3) is 6.59. The van der Waals surface area contributed by atoms with E-state index in [1.165, 1.54) is 0 Å². The average molecular weight is 275 g/mol. The number of rotatable bonds is 7. The molecule has 0 radical (unpaired) electrons. The lowest BCUT2D eigenvalue weighted by molar-refractivity contribution is -0.174. The number of ether oxygens (including phenoxy) is 1. The Labute approximate surface area is 111 Å². The van der Waals surface area contributed by atoms with Crippen LogP contribution in [0.5, 0.6) is 0 Å². The Morgan fingerprint density at radius 1 is 1.21 bits per heavy atom. The second kappa shape index (κ2) is 7.50. The third-order valence-corrected chi connectivity index (χ3v) is 3.01. The van der Waals surface area contributed by atoms with Gasteiger partial charge in [0.25, 0.3) is 0 Å². The van der Waals surface area contributed by atoms with Crippen LogP contribution in [0.25, 0.3) is 0 Å². The second-order valence-electron chi connectivity index (χ2n) is 4.72. The van der Waals surface area contributed by atoms with E-state index in [0.29, 0.717) is 6.42 Å². The number of alkyl halides is 3. The fraction of sp³-hybridized carbons (Fsp3) is 0.571. The number of hydrogen-bond donors (Lipinski definition) is 1. The summed E-state index contributed by atoms with van der Waals surface area (Å²) < 4.78 is 40.1. The van der Waals surface area contributed by atoms with Crippen molar-refractivity contribution in [2.75, 3.05) is 13.2 Å². The van der Waals surface area contributed by atoms with Crippen molar-refractivity contribution in [1.29, 1.82) is 0 Å². The Hall–Kier alpha value is -1.07. The first kappa shape index (κ1) is 16.0. The molecule has 0 heterocycles. The maximum atomic E-state index is 11.8. The SMILES string of the molecule is CC(CCCOCC(F)(F)F)C(N)c1ccccc1. The van der Waals surface area contributed by atoms with Gasteiger partial charge in [-0.2, -0.15) is 13.2 Å². The molecular weight excluding hydrogens is 255 g/mol. The summed E-state index contributed by atoms with van der Waals surface area (Å²) in [6.07, 6.45) is -2.92. The van der Waals surface area contributed by atoms with Crippen molar-refractivity contribution in [2.45, 2.75) is 32.0 Å². The smallest absolute Gasteiger partial charge is 0.372 e. The lowest BCUT2D eigenvalue weighted by Crippen LogP contribution is -2.20. The van der Waals surface area contributed by atoms with Crippen molar-refractivity contribution < 1.29 is 17.9 Å². The fourth-order valence-corrected chi connectivity index (χ4v) is 1.88. The van der Waals surface area contributed by atoms with E-state index in [1.54, 1.807) is 0 Å². The van der Waals surface area contributed by atoms with Gasteiger partial charge in [0.2, 0.25) is 0 Å². The van der Waals surface area contributed by atoms with Crippen LogP contribution >= 0.6 is 0 Å². The van der Waals surface area contributed by atoms with E-state index in [1.807, 2.05) is 37.3 Å². The molecule has 0 fully saturated rings. The molecule has 0 aromatic heterocycles. The predicted octanol–water partition coefficient (Wildman–Crippen LogP) is 3.68. The minimum Gasteiger partial charge on any atom is -0.372 e. The van der Waals surface area contributed by atoms with Crippen LogP contribution in [-0.2, 0) is 4.74 Å². The molecule has 2 nitrogen and oxygen atoms in total. The fourth-order valence-electron chi connectivity index (χ4n) is 1.88. The van der Waals surface area contributed by atoms with Crippen LogP contribution in [0, 0.1) is 5.92 Å². The summed E-state index contributed by atoms with van der Waals surface area (Å²) in [6, 6.07) is 9.60. The highest BCUT2D eigenvalue weighted by Gasteiger charge is 2.27. The van der Waals surface area contributed by atoms with Crippen molar-refractivity contribution in [1.82, 2.24) is 0 Å². The van der Waals surface area contributed by atoms with Gasteiger partial charge in [-0.25, -0.2) is 0 Å². The van der Waals surface area contributed by atoms with Crippen molar-refractivity contribution in [3.8, 4) is 0 Å². The van der Waals surface area contributed by atoms with E-state index in [0.717, 1.165) is 12.0 Å². The summed E-state index contributed by atoms with van der Waals surface area (Å²) in [7, 11) is 0. The van der Waals surface area contributed by atoms with Gasteiger partial charge in [0, 0.05) is 12.6 Å². The second-order valence-corrected chi connectivity index (χ2v) is 4.72. The van der Waals surface area contributed by atoms with E-state index in [4.69, 9.17) is 5.73 Å². The molecule has 0 saturated carbocycles. The molecule has 0 aliphatic heterocycles. The number of halogens is 3. The van der Waals surface area contributed by atoms with Gasteiger partial charge in [0.05, 0.1) is 0 Å². The molecule has 0 aliphatic carbocycles. The molecule has 2 N–H and O–H groups in total. The molecule has 0 bridgehead atoms. The molecule has 1 aromatic rings. The topological polar surface area (TPSA) is 35.2 Å². The van der Waals surface area contributed by atoms with E-state index >= 15 is 0 Å². The molecule has 0 amide bonds. The Morgan fingerprint density at radius 2 is 1.84 bits per heavy atom. The van der Waals surface area contributed by atoms with E-state index < -0.39 is 12.8 Å². The number of benzene rings is 1. The van der Waals surface area contributed by atoms with Crippen LogP contribution in [0.2, 0.25) is 0 Å². The highest BCUT2D eigenvalue weighted by molar-refractivity contribution is 5.18. The maximum Gasteiger partial charge on any atom is 0.411 e. The van der Waals surface area contributed by atoms with Crippen LogP contribution in [-0.4, -0.2) is 19.4 Å². The van der Waals surface area contributed by atoms with Crippen molar-refractivity contribution in [3.05, 3.63) is 35.9 Å². The normalized spacial score (nSPS) is 15.2. The van der Waals surface area contributed by atoms with Gasteiger partial charge in [-0.1, -0.05) is 37.3 Å². The van der Waals surface area contributed by atoms with Gasteiger partial charge >= 0.3 is 6.18 Å². The third-order valence-electron chi connectivity index (χ3n) is 3.01. The zero-order valence-electron chi connectivity index (χ0n) is 11.0. The van der Waals surface area contributed by atoms with Crippen molar-refractivity contribution in [2.24, 2.45) is 11.7 Å². The largest absolute Gasteiger partial charge is 0.411 e. The van der Waals surface area contributed by atoms with Crippen LogP contribution < -0.4 is 5.73 Å². The molecule has 0 spiro atoms. The molecule has 0 saturated heterocycles. The first-order chi connectivity index (χ1) is 8.90. The average Bonchev–Trinajstić information content (AvgIpc) is 2.37. The molecule has 2 atom stereocenters. The number of nitrogens with two attached hydrogens (primary N) is 1. The molecular formula is C14H20F3NO. The molecule has 108 valence electrons. The lowest BCUT2D eigenvalue weighted by Gasteiger charge is -2.20. The molecule has 2 unspecified atom stereocenters. The van der Waals surface area contributed by atoms with Crippen molar-refractivity contribution in [3.63, 3.8) is 0 Å². The van der Waals surface area contributed by atoms with Gasteiger partial charge in [0.1, 0.15) is 6.61 Å². The van der Waals surface area contributed by atoms with Crippen LogP contribution in [0.3, 0.4) is 0 Å². The summed E-state index contributed by atoms with van der Waals surface area (Å²) in [4.78, 5) is 0.